The van der Waals surface area contributed by atoms with Gasteiger partial charge in [-0.1, -0.05) is 25.1 Å². The number of thioether (sulfide) groups is 1. The van der Waals surface area contributed by atoms with E-state index >= 15 is 0 Å². The molecule has 1 amide bonds. The molecule has 2 rings (SSSR count). The van der Waals surface area contributed by atoms with Gasteiger partial charge in [0.1, 0.15) is 0 Å². The minimum absolute atomic E-state index is 0.00547. The van der Waals surface area contributed by atoms with Gasteiger partial charge in [0.2, 0.25) is 5.91 Å². The van der Waals surface area contributed by atoms with E-state index in [0.717, 1.165) is 4.90 Å². The number of carbonyl (C=O) groups excluding carboxylic acids is 1. The average molecular weight is 323 g/mol. The molecule has 6 heteroatoms. The zero-order valence-electron chi connectivity index (χ0n) is 12.6. The van der Waals surface area contributed by atoms with Gasteiger partial charge < -0.3 is 14.7 Å². The van der Waals surface area contributed by atoms with Crippen molar-refractivity contribution in [3.63, 3.8) is 0 Å². The van der Waals surface area contributed by atoms with Crippen LogP contribution in [0.15, 0.2) is 35.2 Å². The summed E-state index contributed by atoms with van der Waals surface area (Å²) < 4.78 is 5.33. The third kappa shape index (κ3) is 4.48. The zero-order valence-corrected chi connectivity index (χ0v) is 13.4. The van der Waals surface area contributed by atoms with E-state index in [9.17, 15) is 9.59 Å². The van der Waals surface area contributed by atoms with Gasteiger partial charge in [0.25, 0.3) is 0 Å². The number of aliphatic carboxylic acids is 1. The molecule has 1 heterocycles. The second kappa shape index (κ2) is 8.19. The van der Waals surface area contributed by atoms with Crippen molar-refractivity contribution in [1.29, 1.82) is 0 Å². The molecule has 0 aliphatic carbocycles. The number of amides is 1. The fraction of sp³-hybridized carbons (Fsp3) is 0.500. The average Bonchev–Trinajstić information content (AvgIpc) is 2.53. The summed E-state index contributed by atoms with van der Waals surface area (Å²) in [5.74, 6) is -0.900. The van der Waals surface area contributed by atoms with E-state index < -0.39 is 5.97 Å². The van der Waals surface area contributed by atoms with Crippen molar-refractivity contribution in [2.75, 3.05) is 19.8 Å². The van der Waals surface area contributed by atoms with Crippen LogP contribution in [0.25, 0.3) is 0 Å². The molecule has 0 spiro atoms. The zero-order chi connectivity index (χ0) is 15.9. The first-order valence-electron chi connectivity index (χ1n) is 7.43. The highest BCUT2D eigenvalue weighted by Crippen LogP contribution is 2.28. The summed E-state index contributed by atoms with van der Waals surface area (Å²) in [5.41, 5.74) is 0. The Kier molecular flexibility index (Phi) is 6.27. The normalized spacial score (nSPS) is 19.7. The quantitative estimate of drug-likeness (QED) is 0.814. The van der Waals surface area contributed by atoms with Crippen molar-refractivity contribution >= 4 is 23.6 Å². The molecule has 2 unspecified atom stereocenters. The predicted octanol–water partition coefficient (Wildman–Crippen LogP) is 2.26. The van der Waals surface area contributed by atoms with Crippen molar-refractivity contribution in [3.8, 4) is 0 Å². The highest BCUT2D eigenvalue weighted by atomic mass is 32.2. The Hall–Kier alpha value is -1.53. The van der Waals surface area contributed by atoms with Gasteiger partial charge in [0, 0.05) is 11.4 Å². The van der Waals surface area contributed by atoms with Crippen molar-refractivity contribution in [2.24, 2.45) is 0 Å². The molecule has 2 atom stereocenters. The molecular weight excluding hydrogens is 302 g/mol. The Bertz CT molecular complexity index is 508. The number of rotatable bonds is 6. The topological polar surface area (TPSA) is 66.8 Å². The second-order valence-corrected chi connectivity index (χ2v) is 6.46. The van der Waals surface area contributed by atoms with Gasteiger partial charge in [-0.25, -0.2) is 0 Å². The van der Waals surface area contributed by atoms with Gasteiger partial charge in [0.15, 0.2) is 0 Å². The molecule has 120 valence electrons. The Morgan fingerprint density at radius 2 is 2.14 bits per heavy atom. The van der Waals surface area contributed by atoms with Gasteiger partial charge in [0.05, 0.1) is 30.9 Å². The van der Waals surface area contributed by atoms with Gasteiger partial charge in [-0.2, -0.15) is 0 Å². The summed E-state index contributed by atoms with van der Waals surface area (Å²) in [6.07, 6.45) is 0.633. The number of carboxylic acid groups (broad SMARTS) is 1. The first kappa shape index (κ1) is 16.8. The van der Waals surface area contributed by atoms with Crippen LogP contribution in [0.3, 0.4) is 0 Å². The molecule has 1 aliphatic heterocycles. The Morgan fingerprint density at radius 1 is 1.41 bits per heavy atom. The van der Waals surface area contributed by atoms with Crippen molar-refractivity contribution in [1.82, 2.24) is 4.90 Å². The lowest BCUT2D eigenvalue weighted by molar-refractivity contribution is -0.146. The molecule has 1 fully saturated rings. The molecular formula is C16H21NO4S. The fourth-order valence-corrected chi connectivity index (χ4v) is 3.52. The lowest BCUT2D eigenvalue weighted by Crippen LogP contribution is -2.52. The highest BCUT2D eigenvalue weighted by molar-refractivity contribution is 8.00. The largest absolute Gasteiger partial charge is 0.481 e. The number of benzene rings is 1. The Balaban J connectivity index is 2.06. The Labute approximate surface area is 134 Å². The number of carboxylic acids is 1. The van der Waals surface area contributed by atoms with Crippen LogP contribution in [-0.2, 0) is 14.3 Å². The number of morpholine rings is 1. The molecule has 0 aromatic heterocycles. The van der Waals surface area contributed by atoms with E-state index in [1.54, 1.807) is 4.90 Å². The van der Waals surface area contributed by atoms with Gasteiger partial charge in [-0.15, -0.1) is 11.8 Å². The van der Waals surface area contributed by atoms with Crippen LogP contribution >= 0.6 is 11.8 Å². The second-order valence-electron chi connectivity index (χ2n) is 5.19. The first-order chi connectivity index (χ1) is 10.6. The minimum Gasteiger partial charge on any atom is -0.481 e. The standard InChI is InChI=1S/C16H21NO4S/c1-2-14(22-13-6-4-3-5-7-13)16(20)17-8-9-21-11-12(17)10-15(18)19/h3-7,12,14H,2,8-11H2,1H3,(H,18,19). The number of hydrogen-bond donors (Lipinski definition) is 1. The van der Waals surface area contributed by atoms with E-state index in [0.29, 0.717) is 26.2 Å². The fourth-order valence-electron chi connectivity index (χ4n) is 2.47. The SMILES string of the molecule is CCC(Sc1ccccc1)C(=O)N1CCOCC1CC(=O)O. The maximum atomic E-state index is 12.8. The van der Waals surface area contributed by atoms with E-state index in [1.807, 2.05) is 37.3 Å². The molecule has 5 nitrogen and oxygen atoms in total. The lowest BCUT2D eigenvalue weighted by Gasteiger charge is -2.36. The van der Waals surface area contributed by atoms with Crippen LogP contribution in [0, 0.1) is 0 Å². The number of nitrogens with zero attached hydrogens (tertiary/aromatic N) is 1. The molecule has 0 bridgehead atoms. The van der Waals surface area contributed by atoms with E-state index in [2.05, 4.69) is 0 Å². The van der Waals surface area contributed by atoms with E-state index in [4.69, 9.17) is 9.84 Å². The van der Waals surface area contributed by atoms with Gasteiger partial charge >= 0.3 is 5.97 Å². The molecule has 1 N–H and O–H groups in total. The predicted molar refractivity (Wildman–Crippen MR) is 85.0 cm³/mol. The van der Waals surface area contributed by atoms with Crippen LogP contribution < -0.4 is 0 Å². The highest BCUT2D eigenvalue weighted by Gasteiger charge is 2.32. The van der Waals surface area contributed by atoms with Crippen LogP contribution in [0.1, 0.15) is 19.8 Å². The molecule has 1 aromatic rings. The first-order valence-corrected chi connectivity index (χ1v) is 8.31. The van der Waals surface area contributed by atoms with Crippen LogP contribution in [0.4, 0.5) is 0 Å². The number of hydrogen-bond acceptors (Lipinski definition) is 4. The smallest absolute Gasteiger partial charge is 0.305 e. The van der Waals surface area contributed by atoms with Crippen molar-refractivity contribution < 1.29 is 19.4 Å². The van der Waals surface area contributed by atoms with Crippen LogP contribution in [-0.4, -0.2) is 52.9 Å². The number of carbonyl (C=O) groups is 2. The third-order valence-corrected chi connectivity index (χ3v) is 4.95. The molecule has 0 saturated carbocycles. The van der Waals surface area contributed by atoms with Crippen molar-refractivity contribution in [2.45, 2.75) is 36.0 Å². The monoisotopic (exact) mass is 323 g/mol. The van der Waals surface area contributed by atoms with Crippen molar-refractivity contribution in [3.05, 3.63) is 30.3 Å². The molecule has 0 radical (unpaired) electrons. The summed E-state index contributed by atoms with van der Waals surface area (Å²) in [6, 6.07) is 9.42. The van der Waals surface area contributed by atoms with Crippen LogP contribution in [0.5, 0.6) is 0 Å². The summed E-state index contributed by atoms with van der Waals surface area (Å²) in [6.45, 7) is 3.20. The van der Waals surface area contributed by atoms with Gasteiger partial charge in [-0.05, 0) is 18.6 Å². The molecule has 1 aliphatic rings. The third-order valence-electron chi connectivity index (χ3n) is 3.59. The molecule has 22 heavy (non-hydrogen) atoms. The summed E-state index contributed by atoms with van der Waals surface area (Å²) >= 11 is 1.53. The molecule has 1 aromatic carbocycles. The van der Waals surface area contributed by atoms with Gasteiger partial charge in [-0.3, -0.25) is 9.59 Å². The summed E-state index contributed by atoms with van der Waals surface area (Å²) in [7, 11) is 0. The lowest BCUT2D eigenvalue weighted by atomic mass is 10.1. The summed E-state index contributed by atoms with van der Waals surface area (Å²) in [4.78, 5) is 26.5. The number of ether oxygens (including phenoxy) is 1. The van der Waals surface area contributed by atoms with E-state index in [-0.39, 0.29) is 23.6 Å². The Morgan fingerprint density at radius 3 is 2.77 bits per heavy atom. The van der Waals surface area contributed by atoms with Crippen LogP contribution in [0.2, 0.25) is 0 Å². The maximum Gasteiger partial charge on any atom is 0.305 e. The molecule has 1 saturated heterocycles. The van der Waals surface area contributed by atoms with E-state index in [1.165, 1.54) is 11.8 Å². The maximum absolute atomic E-state index is 12.8. The minimum atomic E-state index is -0.905. The summed E-state index contributed by atoms with van der Waals surface area (Å²) in [5, 5.41) is 8.80.